The average Bonchev–Trinajstić information content (AvgIpc) is 2.31. The molecule has 0 amide bonds. The first-order valence-corrected chi connectivity index (χ1v) is 6.42. The summed E-state index contributed by atoms with van der Waals surface area (Å²) in [5.41, 5.74) is 0. The second-order valence-corrected chi connectivity index (χ2v) is 4.88. The van der Waals surface area contributed by atoms with Crippen LogP contribution in [0.2, 0.25) is 0 Å². The summed E-state index contributed by atoms with van der Waals surface area (Å²) in [6.45, 7) is 2.93. The van der Waals surface area contributed by atoms with Crippen LogP contribution in [0.5, 0.6) is 0 Å². The minimum atomic E-state index is -0.349. The maximum atomic E-state index is 13.7. The Balaban J connectivity index is 2.30. The molecule has 16 heavy (non-hydrogen) atoms. The number of thioether (sulfide) groups is 1. The molecule has 4 nitrogen and oxygen atoms in total. The molecular formula is C10H15FN4S. The van der Waals surface area contributed by atoms with Crippen LogP contribution in [0.25, 0.3) is 0 Å². The molecule has 1 aromatic rings. The standard InChI is InChI=1S/C10H15FN4S/c1-7-6-16-4-3-15(7)9-8(11)5-13-10(12-2)14-9/h5,7H,3-4,6H2,1-2H3,(H,12,13,14). The van der Waals surface area contributed by atoms with Gasteiger partial charge in [-0.25, -0.2) is 9.37 Å². The molecule has 1 aromatic heterocycles. The second kappa shape index (κ2) is 4.86. The molecule has 1 aliphatic heterocycles. The summed E-state index contributed by atoms with van der Waals surface area (Å²) in [6.07, 6.45) is 1.22. The van der Waals surface area contributed by atoms with E-state index in [0.29, 0.717) is 17.8 Å². The number of aromatic nitrogens is 2. The van der Waals surface area contributed by atoms with Crippen LogP contribution >= 0.6 is 11.8 Å². The molecule has 0 spiro atoms. The van der Waals surface area contributed by atoms with E-state index in [0.717, 1.165) is 18.1 Å². The molecule has 0 aromatic carbocycles. The first-order valence-electron chi connectivity index (χ1n) is 5.27. The zero-order valence-electron chi connectivity index (χ0n) is 9.40. The summed E-state index contributed by atoms with van der Waals surface area (Å²) in [4.78, 5) is 10.0. The molecular weight excluding hydrogens is 227 g/mol. The summed E-state index contributed by atoms with van der Waals surface area (Å²) < 4.78 is 13.7. The lowest BCUT2D eigenvalue weighted by molar-refractivity contribution is 0.588. The SMILES string of the molecule is CNc1ncc(F)c(N2CCSCC2C)n1. The van der Waals surface area contributed by atoms with E-state index >= 15 is 0 Å². The van der Waals surface area contributed by atoms with Gasteiger partial charge in [-0.3, -0.25) is 0 Å². The fourth-order valence-corrected chi connectivity index (χ4v) is 2.74. The minimum absolute atomic E-state index is 0.313. The average molecular weight is 242 g/mol. The lowest BCUT2D eigenvalue weighted by atomic mass is 10.3. The largest absolute Gasteiger partial charge is 0.357 e. The first-order chi connectivity index (χ1) is 7.72. The highest BCUT2D eigenvalue weighted by Gasteiger charge is 2.23. The van der Waals surface area contributed by atoms with Crippen molar-refractivity contribution in [2.45, 2.75) is 13.0 Å². The van der Waals surface area contributed by atoms with Crippen LogP contribution in [0.15, 0.2) is 6.20 Å². The van der Waals surface area contributed by atoms with Crippen molar-refractivity contribution >= 4 is 23.5 Å². The third kappa shape index (κ3) is 2.21. The number of anilines is 2. The third-order valence-corrected chi connectivity index (χ3v) is 3.78. The molecule has 1 aliphatic rings. The van der Waals surface area contributed by atoms with Crippen LogP contribution in [0, 0.1) is 5.82 Å². The van der Waals surface area contributed by atoms with Crippen molar-refractivity contribution < 1.29 is 4.39 Å². The topological polar surface area (TPSA) is 41.1 Å². The molecule has 6 heteroatoms. The Morgan fingerprint density at radius 2 is 2.44 bits per heavy atom. The number of nitrogens with one attached hydrogen (secondary N) is 1. The molecule has 1 atom stereocenters. The highest BCUT2D eigenvalue weighted by Crippen LogP contribution is 2.24. The van der Waals surface area contributed by atoms with Crippen molar-refractivity contribution in [3.63, 3.8) is 0 Å². The summed E-state index contributed by atoms with van der Waals surface area (Å²) in [7, 11) is 1.73. The van der Waals surface area contributed by atoms with Gasteiger partial charge < -0.3 is 10.2 Å². The highest BCUT2D eigenvalue weighted by atomic mass is 32.2. The second-order valence-electron chi connectivity index (χ2n) is 3.73. The molecule has 1 N–H and O–H groups in total. The quantitative estimate of drug-likeness (QED) is 0.853. The van der Waals surface area contributed by atoms with E-state index in [4.69, 9.17) is 0 Å². The fourth-order valence-electron chi connectivity index (χ4n) is 1.72. The van der Waals surface area contributed by atoms with Crippen LogP contribution in [0.3, 0.4) is 0 Å². The van der Waals surface area contributed by atoms with E-state index in [1.807, 2.05) is 16.7 Å². The van der Waals surface area contributed by atoms with Gasteiger partial charge in [-0.1, -0.05) is 0 Å². The van der Waals surface area contributed by atoms with Crippen molar-refractivity contribution in [1.29, 1.82) is 0 Å². The highest BCUT2D eigenvalue weighted by molar-refractivity contribution is 7.99. The van der Waals surface area contributed by atoms with E-state index in [9.17, 15) is 4.39 Å². The van der Waals surface area contributed by atoms with Crippen LogP contribution in [0.1, 0.15) is 6.92 Å². The van der Waals surface area contributed by atoms with Crippen LogP contribution in [0.4, 0.5) is 16.2 Å². The molecule has 2 rings (SSSR count). The number of halogens is 1. The molecule has 1 unspecified atom stereocenters. The number of nitrogens with zero attached hydrogens (tertiary/aromatic N) is 3. The van der Waals surface area contributed by atoms with Crippen LogP contribution in [-0.4, -0.2) is 41.1 Å². The zero-order chi connectivity index (χ0) is 11.5. The minimum Gasteiger partial charge on any atom is -0.357 e. The summed E-state index contributed by atoms with van der Waals surface area (Å²) in [5, 5.41) is 2.83. The predicted octanol–water partition coefficient (Wildman–Crippen LogP) is 1.60. The van der Waals surface area contributed by atoms with Gasteiger partial charge in [-0.2, -0.15) is 16.7 Å². The molecule has 0 aliphatic carbocycles. The van der Waals surface area contributed by atoms with Crippen molar-refractivity contribution in [1.82, 2.24) is 9.97 Å². The van der Waals surface area contributed by atoms with Gasteiger partial charge in [-0.05, 0) is 6.92 Å². The Morgan fingerprint density at radius 1 is 1.62 bits per heavy atom. The van der Waals surface area contributed by atoms with Crippen LogP contribution < -0.4 is 10.2 Å². The summed E-state index contributed by atoms with van der Waals surface area (Å²) >= 11 is 1.89. The van der Waals surface area contributed by atoms with E-state index < -0.39 is 0 Å². The molecule has 1 saturated heterocycles. The van der Waals surface area contributed by atoms with Gasteiger partial charge >= 0.3 is 0 Å². The van der Waals surface area contributed by atoms with E-state index in [-0.39, 0.29) is 5.82 Å². The van der Waals surface area contributed by atoms with Crippen molar-refractivity contribution in [2.24, 2.45) is 0 Å². The number of hydrogen-bond donors (Lipinski definition) is 1. The Morgan fingerprint density at radius 3 is 3.12 bits per heavy atom. The molecule has 0 saturated carbocycles. The molecule has 2 heterocycles. The van der Waals surface area contributed by atoms with Gasteiger partial charge in [0.2, 0.25) is 5.95 Å². The molecule has 0 radical (unpaired) electrons. The maximum absolute atomic E-state index is 13.7. The molecule has 1 fully saturated rings. The van der Waals surface area contributed by atoms with Crippen molar-refractivity contribution in [3.05, 3.63) is 12.0 Å². The third-order valence-electron chi connectivity index (χ3n) is 2.59. The van der Waals surface area contributed by atoms with E-state index in [1.165, 1.54) is 6.20 Å². The Kier molecular flexibility index (Phi) is 3.48. The summed E-state index contributed by atoms with van der Waals surface area (Å²) in [5.74, 6) is 2.55. The normalized spacial score (nSPS) is 20.9. The Hall–Kier alpha value is -1.04. The van der Waals surface area contributed by atoms with Crippen LogP contribution in [-0.2, 0) is 0 Å². The number of hydrogen-bond acceptors (Lipinski definition) is 5. The van der Waals surface area contributed by atoms with Gasteiger partial charge in [0.05, 0.1) is 6.20 Å². The van der Waals surface area contributed by atoms with Gasteiger partial charge in [0.15, 0.2) is 11.6 Å². The zero-order valence-corrected chi connectivity index (χ0v) is 10.2. The maximum Gasteiger partial charge on any atom is 0.224 e. The molecule has 88 valence electrons. The van der Waals surface area contributed by atoms with Crippen molar-refractivity contribution in [2.75, 3.05) is 35.3 Å². The smallest absolute Gasteiger partial charge is 0.224 e. The van der Waals surface area contributed by atoms with E-state index in [1.54, 1.807) is 7.05 Å². The molecule has 0 bridgehead atoms. The first kappa shape index (κ1) is 11.4. The van der Waals surface area contributed by atoms with Crippen molar-refractivity contribution in [3.8, 4) is 0 Å². The fraction of sp³-hybridized carbons (Fsp3) is 0.600. The van der Waals surface area contributed by atoms with Gasteiger partial charge in [0, 0.05) is 31.1 Å². The van der Waals surface area contributed by atoms with Gasteiger partial charge in [0.1, 0.15) is 0 Å². The Labute approximate surface area is 98.7 Å². The van der Waals surface area contributed by atoms with Gasteiger partial charge in [0.25, 0.3) is 0 Å². The monoisotopic (exact) mass is 242 g/mol. The Bertz CT molecular complexity index is 374. The summed E-state index contributed by atoms with van der Waals surface area (Å²) in [6, 6.07) is 0.313. The van der Waals surface area contributed by atoms with E-state index in [2.05, 4.69) is 22.2 Å². The lowest BCUT2D eigenvalue weighted by Gasteiger charge is -2.34. The lowest BCUT2D eigenvalue weighted by Crippen LogP contribution is -2.41. The predicted molar refractivity (Wildman–Crippen MR) is 65.7 cm³/mol. The number of rotatable bonds is 2. The van der Waals surface area contributed by atoms with Gasteiger partial charge in [-0.15, -0.1) is 0 Å².